The van der Waals surface area contributed by atoms with Gasteiger partial charge in [0, 0.05) is 17.0 Å². The highest BCUT2D eigenvalue weighted by Gasteiger charge is 2.24. The predicted octanol–water partition coefficient (Wildman–Crippen LogP) is 0.747. The number of hydrogen-bond donors (Lipinski definition) is 3. The van der Waals surface area contributed by atoms with Crippen molar-refractivity contribution in [3.8, 4) is 0 Å². The Morgan fingerprint density at radius 1 is 1.56 bits per heavy atom. The fraction of sp³-hybridized carbons (Fsp3) is 0.300. The average molecular weight is 219 g/mol. The number of nitroso groups, excluding NO2 is 1. The Kier molecular flexibility index (Phi) is 3.79. The summed E-state index contributed by atoms with van der Waals surface area (Å²) in [5.41, 5.74) is 7.11. The number of nitrogens with one attached hydrogen (secondary N) is 1. The Morgan fingerprint density at radius 3 is 2.69 bits per heavy atom. The highest BCUT2D eigenvalue weighted by Crippen LogP contribution is 2.14. The molecule has 0 aromatic heterocycles. The molecule has 0 radical (unpaired) electrons. The maximum atomic E-state index is 10.3. The Labute approximate surface area is 94.3 Å². The van der Waals surface area contributed by atoms with E-state index >= 15 is 0 Å². The van der Waals surface area contributed by atoms with Gasteiger partial charge in [0.25, 0.3) is 0 Å². The summed E-state index contributed by atoms with van der Waals surface area (Å²) in [4.78, 5) is 10.3. The first kappa shape index (κ1) is 12.4. The van der Waals surface area contributed by atoms with Crippen LogP contribution in [0.2, 0.25) is 0 Å². The molecule has 1 aromatic rings. The number of nitrogens with zero attached hydrogens (tertiary/aromatic N) is 1. The van der Waals surface area contributed by atoms with Crippen LogP contribution in [0.3, 0.4) is 0 Å². The van der Waals surface area contributed by atoms with Crippen LogP contribution in [0.15, 0.2) is 23.3 Å². The van der Waals surface area contributed by atoms with E-state index in [0.717, 1.165) is 0 Å². The van der Waals surface area contributed by atoms with E-state index in [1.807, 2.05) is 13.8 Å². The highest BCUT2D eigenvalue weighted by molar-refractivity contribution is 6.66. The monoisotopic (exact) mass is 219 g/mol. The van der Waals surface area contributed by atoms with Gasteiger partial charge in [-0.1, -0.05) is 31.1 Å². The molecule has 1 aromatic carbocycles. The molecule has 0 saturated carbocycles. The summed E-state index contributed by atoms with van der Waals surface area (Å²) in [7, 11) is -1.47. The number of hydrogen-bond acceptors (Lipinski definition) is 5. The van der Waals surface area contributed by atoms with Gasteiger partial charge in [0.05, 0.1) is 0 Å². The molecule has 1 rings (SSSR count). The summed E-state index contributed by atoms with van der Waals surface area (Å²) in [6.45, 7) is 3.69. The molecule has 0 fully saturated rings. The Bertz CT molecular complexity index is 421. The third kappa shape index (κ3) is 2.28. The smallest absolute Gasteiger partial charge is 0.425 e. The molecule has 6 heteroatoms. The molecule has 0 spiro atoms. The predicted molar refractivity (Wildman–Crippen MR) is 65.9 cm³/mol. The molecule has 0 heterocycles. The lowest BCUT2D eigenvalue weighted by Crippen LogP contribution is -2.34. The van der Waals surface area contributed by atoms with Crippen LogP contribution in [0.5, 0.6) is 0 Å². The van der Waals surface area contributed by atoms with Gasteiger partial charge >= 0.3 is 7.05 Å². The minimum atomic E-state index is -1.47. The zero-order valence-electron chi connectivity index (χ0n) is 9.27. The van der Waals surface area contributed by atoms with E-state index in [-0.39, 0.29) is 17.1 Å². The highest BCUT2D eigenvalue weighted by atomic mass is 16.3. The molecule has 4 N–H and O–H groups in total. The summed E-state index contributed by atoms with van der Waals surface area (Å²) in [5, 5.41) is 19.9. The molecule has 0 bridgehead atoms. The fourth-order valence-corrected chi connectivity index (χ4v) is 1.46. The SMILES string of the molecule is CC(C)C(=N)c1c(N)cccc1B(O)N=O. The number of rotatable bonds is 4. The van der Waals surface area contributed by atoms with E-state index in [0.29, 0.717) is 11.3 Å². The van der Waals surface area contributed by atoms with Crippen molar-refractivity contribution in [1.82, 2.24) is 0 Å². The lowest BCUT2D eigenvalue weighted by atomic mass is 9.71. The molecule has 16 heavy (non-hydrogen) atoms. The van der Waals surface area contributed by atoms with Crippen LogP contribution < -0.4 is 11.2 Å². The van der Waals surface area contributed by atoms with Crippen molar-refractivity contribution >= 4 is 23.9 Å². The second-order valence-corrected chi connectivity index (χ2v) is 3.86. The summed E-state index contributed by atoms with van der Waals surface area (Å²) in [5.74, 6) is -0.0395. The largest absolute Gasteiger partial charge is 0.518 e. The zero-order chi connectivity index (χ0) is 12.3. The second kappa shape index (κ2) is 4.89. The molecular formula is C10H14BN3O2. The molecule has 0 atom stereocenters. The van der Waals surface area contributed by atoms with Gasteiger partial charge in [0.1, 0.15) is 0 Å². The van der Waals surface area contributed by atoms with E-state index in [1.54, 1.807) is 18.2 Å². The van der Waals surface area contributed by atoms with Gasteiger partial charge < -0.3 is 16.2 Å². The third-order valence-electron chi connectivity index (χ3n) is 2.35. The van der Waals surface area contributed by atoms with Crippen LogP contribution in [0.4, 0.5) is 5.69 Å². The Hall–Kier alpha value is -1.69. The maximum absolute atomic E-state index is 10.3. The van der Waals surface area contributed by atoms with Crippen LogP contribution in [0.25, 0.3) is 0 Å². The molecule has 84 valence electrons. The number of anilines is 1. The van der Waals surface area contributed by atoms with Crippen molar-refractivity contribution in [2.45, 2.75) is 13.8 Å². The van der Waals surface area contributed by atoms with Crippen molar-refractivity contribution < 1.29 is 5.02 Å². The van der Waals surface area contributed by atoms with Gasteiger partial charge in [-0.25, -0.2) is 0 Å². The van der Waals surface area contributed by atoms with Crippen LogP contribution in [0.1, 0.15) is 19.4 Å². The van der Waals surface area contributed by atoms with Crippen LogP contribution in [-0.2, 0) is 0 Å². The number of benzene rings is 1. The molecule has 0 aliphatic heterocycles. The summed E-state index contributed by atoms with van der Waals surface area (Å²) in [6, 6.07) is 4.80. The minimum Gasteiger partial charge on any atom is -0.425 e. The normalized spacial score (nSPS) is 10.2. The first-order valence-electron chi connectivity index (χ1n) is 4.96. The topological polar surface area (TPSA) is 99.5 Å². The number of nitrogen functional groups attached to an aromatic ring is 1. The van der Waals surface area contributed by atoms with Gasteiger partial charge in [0.2, 0.25) is 0 Å². The molecular weight excluding hydrogens is 205 g/mol. The van der Waals surface area contributed by atoms with E-state index in [1.165, 1.54) is 0 Å². The van der Waals surface area contributed by atoms with E-state index in [9.17, 15) is 9.93 Å². The molecule has 0 aliphatic carbocycles. The quantitative estimate of drug-likeness (QED) is 0.301. The average Bonchev–Trinajstić information content (AvgIpc) is 2.26. The molecule has 0 amide bonds. The lowest BCUT2D eigenvalue weighted by Gasteiger charge is -2.14. The van der Waals surface area contributed by atoms with Gasteiger partial charge in [-0.15, -0.1) is 0 Å². The van der Waals surface area contributed by atoms with Crippen LogP contribution in [0, 0.1) is 16.2 Å². The Morgan fingerprint density at radius 2 is 2.19 bits per heavy atom. The zero-order valence-corrected chi connectivity index (χ0v) is 9.27. The van der Waals surface area contributed by atoms with Crippen molar-refractivity contribution in [1.29, 1.82) is 5.41 Å². The standard InChI is InChI=1S/C10H14BN3O2/c1-6(2)10(13)9-7(11(15)14-16)4-3-5-8(9)12/h3-6,13,15H,12H2,1-2H3. The summed E-state index contributed by atoms with van der Waals surface area (Å²) < 4.78 is 0. The van der Waals surface area contributed by atoms with Crippen molar-refractivity contribution in [2.75, 3.05) is 5.73 Å². The molecule has 0 saturated heterocycles. The van der Waals surface area contributed by atoms with Crippen molar-refractivity contribution in [3.05, 3.63) is 28.7 Å². The van der Waals surface area contributed by atoms with Gasteiger partial charge in [0.15, 0.2) is 0 Å². The third-order valence-corrected chi connectivity index (χ3v) is 2.35. The van der Waals surface area contributed by atoms with Crippen LogP contribution >= 0.6 is 0 Å². The van der Waals surface area contributed by atoms with Gasteiger partial charge in [-0.3, -0.25) is 0 Å². The van der Waals surface area contributed by atoms with Gasteiger partial charge in [-0.05, 0) is 17.4 Å². The minimum absolute atomic E-state index is 0.0395. The molecule has 0 unspecified atom stereocenters. The van der Waals surface area contributed by atoms with E-state index in [4.69, 9.17) is 11.1 Å². The number of nitrogens with two attached hydrogens (primary N) is 1. The van der Waals surface area contributed by atoms with Gasteiger partial charge in [-0.2, -0.15) is 4.91 Å². The summed E-state index contributed by atoms with van der Waals surface area (Å²) >= 11 is 0. The summed E-state index contributed by atoms with van der Waals surface area (Å²) in [6.07, 6.45) is 0. The van der Waals surface area contributed by atoms with Crippen molar-refractivity contribution in [2.24, 2.45) is 11.0 Å². The van der Waals surface area contributed by atoms with E-state index < -0.39 is 7.05 Å². The van der Waals surface area contributed by atoms with Crippen molar-refractivity contribution in [3.63, 3.8) is 0 Å². The first-order valence-corrected chi connectivity index (χ1v) is 4.96. The first-order chi connectivity index (χ1) is 7.49. The lowest BCUT2D eigenvalue weighted by molar-refractivity contribution is 0.587. The molecule has 5 nitrogen and oxygen atoms in total. The molecule has 0 aliphatic rings. The van der Waals surface area contributed by atoms with E-state index in [2.05, 4.69) is 5.09 Å². The van der Waals surface area contributed by atoms with Crippen LogP contribution in [-0.4, -0.2) is 17.8 Å². The fourth-order valence-electron chi connectivity index (χ4n) is 1.46. The Balaban J connectivity index is 3.34. The second-order valence-electron chi connectivity index (χ2n) is 3.86. The maximum Gasteiger partial charge on any atom is 0.518 e.